The number of benzene rings is 2. The smallest absolute Gasteiger partial charge is 0.166 e. The van der Waals surface area contributed by atoms with Crippen molar-refractivity contribution in [3.8, 4) is 22.6 Å². The number of nitrogens with one attached hydrogen (secondary N) is 1. The van der Waals surface area contributed by atoms with Crippen molar-refractivity contribution in [2.24, 2.45) is 0 Å². The molecule has 0 bridgehead atoms. The molecular weight excluding hydrogens is 352 g/mol. The highest BCUT2D eigenvalue weighted by Gasteiger charge is 2.22. The number of anilines is 1. The van der Waals surface area contributed by atoms with Crippen LogP contribution in [0.1, 0.15) is 11.1 Å². The van der Waals surface area contributed by atoms with E-state index in [9.17, 15) is 5.11 Å². The molecule has 0 amide bonds. The van der Waals surface area contributed by atoms with Crippen molar-refractivity contribution in [2.45, 2.75) is 13.5 Å². The molecule has 0 unspecified atom stereocenters. The minimum absolute atomic E-state index is 0.173. The number of hydrogen-bond acceptors (Lipinski definition) is 5. The summed E-state index contributed by atoms with van der Waals surface area (Å²) in [5.74, 6) is 1.59. The molecule has 0 fully saturated rings. The van der Waals surface area contributed by atoms with Crippen molar-refractivity contribution >= 4 is 16.9 Å². The Bertz CT molecular complexity index is 1170. The van der Waals surface area contributed by atoms with Gasteiger partial charge < -0.3 is 19.7 Å². The second-order valence-electron chi connectivity index (χ2n) is 7.01. The second-order valence-corrected chi connectivity index (χ2v) is 7.01. The Hall–Kier alpha value is -3.54. The molecule has 0 saturated heterocycles. The molecule has 3 heterocycles. The quantitative estimate of drug-likeness (QED) is 0.556. The summed E-state index contributed by atoms with van der Waals surface area (Å²) < 4.78 is 5.90. The minimum atomic E-state index is 0.173. The standard InChI is InChI=1S/C22H20N4O2/c1-14-4-2-3-5-17(14)15-10-16-12-26(8-9-28-20(16)19(27)11-15)22-18-6-7-23-21(18)24-13-25-22/h2-7,10-11,13,27H,8-9,12H2,1H3,(H,23,24,25). The van der Waals surface area contributed by atoms with Crippen LogP contribution in [0, 0.1) is 6.92 Å². The summed E-state index contributed by atoms with van der Waals surface area (Å²) >= 11 is 0. The molecule has 0 saturated carbocycles. The van der Waals surface area contributed by atoms with Crippen LogP contribution in [-0.4, -0.2) is 33.2 Å². The topological polar surface area (TPSA) is 74.3 Å². The number of hydrogen-bond donors (Lipinski definition) is 2. The van der Waals surface area contributed by atoms with Gasteiger partial charge in [0.05, 0.1) is 11.9 Å². The molecule has 140 valence electrons. The van der Waals surface area contributed by atoms with E-state index in [1.165, 1.54) is 0 Å². The van der Waals surface area contributed by atoms with E-state index in [2.05, 4.69) is 45.0 Å². The fourth-order valence-electron chi connectivity index (χ4n) is 3.84. The van der Waals surface area contributed by atoms with Gasteiger partial charge in [-0.05, 0) is 41.8 Å². The van der Waals surface area contributed by atoms with Gasteiger partial charge in [-0.3, -0.25) is 0 Å². The van der Waals surface area contributed by atoms with Gasteiger partial charge in [-0.2, -0.15) is 0 Å². The number of aryl methyl sites for hydroxylation is 1. The average Bonchev–Trinajstić information content (AvgIpc) is 3.07. The Morgan fingerprint density at radius 1 is 1.14 bits per heavy atom. The molecule has 0 aliphatic carbocycles. The highest BCUT2D eigenvalue weighted by molar-refractivity contribution is 5.87. The predicted molar refractivity (Wildman–Crippen MR) is 109 cm³/mol. The van der Waals surface area contributed by atoms with Crippen molar-refractivity contribution < 1.29 is 9.84 Å². The first-order valence-corrected chi connectivity index (χ1v) is 9.28. The number of H-pyrrole nitrogens is 1. The Morgan fingerprint density at radius 2 is 2.04 bits per heavy atom. The zero-order valence-corrected chi connectivity index (χ0v) is 15.5. The summed E-state index contributed by atoms with van der Waals surface area (Å²) in [4.78, 5) is 14.1. The van der Waals surface area contributed by atoms with Crippen molar-refractivity contribution in [1.82, 2.24) is 15.0 Å². The predicted octanol–water partition coefficient (Wildman–Crippen LogP) is 4.04. The second kappa shape index (κ2) is 6.56. The normalized spacial score (nSPS) is 13.8. The number of ether oxygens (including phenoxy) is 1. The Kier molecular flexibility index (Phi) is 3.90. The van der Waals surface area contributed by atoms with Crippen LogP contribution in [0.5, 0.6) is 11.5 Å². The van der Waals surface area contributed by atoms with E-state index < -0.39 is 0 Å². The van der Waals surface area contributed by atoms with Crippen LogP contribution < -0.4 is 9.64 Å². The number of aromatic nitrogens is 3. The van der Waals surface area contributed by atoms with Crippen LogP contribution in [0.4, 0.5) is 5.82 Å². The SMILES string of the molecule is Cc1ccccc1-c1cc(O)c2c(c1)CN(c1ncnc3[nH]ccc13)CCO2. The minimum Gasteiger partial charge on any atom is -0.504 e. The molecule has 0 spiro atoms. The van der Waals surface area contributed by atoms with E-state index in [0.717, 1.165) is 39.1 Å². The third-order valence-corrected chi connectivity index (χ3v) is 5.20. The van der Waals surface area contributed by atoms with E-state index in [0.29, 0.717) is 25.4 Å². The molecule has 6 nitrogen and oxygen atoms in total. The van der Waals surface area contributed by atoms with Gasteiger partial charge in [-0.15, -0.1) is 0 Å². The monoisotopic (exact) mass is 372 g/mol. The van der Waals surface area contributed by atoms with Gasteiger partial charge >= 0.3 is 0 Å². The van der Waals surface area contributed by atoms with Crippen molar-refractivity contribution in [3.05, 3.63) is 66.1 Å². The summed E-state index contributed by atoms with van der Waals surface area (Å²) in [5, 5.41) is 11.6. The lowest BCUT2D eigenvalue weighted by Crippen LogP contribution is -2.26. The lowest BCUT2D eigenvalue weighted by molar-refractivity contribution is 0.312. The molecule has 28 heavy (non-hydrogen) atoms. The summed E-state index contributed by atoms with van der Waals surface area (Å²) in [7, 11) is 0. The molecule has 0 radical (unpaired) electrons. The van der Waals surface area contributed by atoms with Crippen LogP contribution in [0.15, 0.2) is 55.0 Å². The maximum atomic E-state index is 10.6. The van der Waals surface area contributed by atoms with Crippen molar-refractivity contribution in [3.63, 3.8) is 0 Å². The van der Waals surface area contributed by atoms with Crippen LogP contribution in [0.2, 0.25) is 0 Å². The number of phenolic OH excluding ortho intramolecular Hbond substituents is 1. The molecule has 4 aromatic rings. The molecule has 0 atom stereocenters. The molecule has 5 rings (SSSR count). The van der Waals surface area contributed by atoms with E-state index in [1.807, 2.05) is 24.4 Å². The van der Waals surface area contributed by atoms with Crippen LogP contribution in [0.3, 0.4) is 0 Å². The molecule has 1 aliphatic heterocycles. The van der Waals surface area contributed by atoms with Gasteiger partial charge in [0.25, 0.3) is 0 Å². The number of nitrogens with zero attached hydrogens (tertiary/aromatic N) is 3. The third-order valence-electron chi connectivity index (χ3n) is 5.20. The molecule has 1 aliphatic rings. The summed E-state index contributed by atoms with van der Waals surface area (Å²) in [6, 6.07) is 14.0. The van der Waals surface area contributed by atoms with Crippen molar-refractivity contribution in [1.29, 1.82) is 0 Å². The zero-order chi connectivity index (χ0) is 19.1. The number of fused-ring (bicyclic) bond motifs is 2. The van der Waals surface area contributed by atoms with Gasteiger partial charge in [0, 0.05) is 18.3 Å². The largest absolute Gasteiger partial charge is 0.504 e. The van der Waals surface area contributed by atoms with Crippen LogP contribution in [0.25, 0.3) is 22.2 Å². The number of rotatable bonds is 2. The lowest BCUT2D eigenvalue weighted by Gasteiger charge is -2.21. The van der Waals surface area contributed by atoms with E-state index >= 15 is 0 Å². The molecule has 2 aromatic carbocycles. The zero-order valence-electron chi connectivity index (χ0n) is 15.5. The first kappa shape index (κ1) is 16.6. The van der Waals surface area contributed by atoms with Gasteiger partial charge in [0.1, 0.15) is 24.4 Å². The van der Waals surface area contributed by atoms with E-state index in [1.54, 1.807) is 12.4 Å². The Morgan fingerprint density at radius 3 is 2.93 bits per heavy atom. The summed E-state index contributed by atoms with van der Waals surface area (Å²) in [6.07, 6.45) is 3.44. The fraction of sp³-hybridized carbons (Fsp3) is 0.182. The van der Waals surface area contributed by atoms with Gasteiger partial charge in [-0.1, -0.05) is 24.3 Å². The highest BCUT2D eigenvalue weighted by atomic mass is 16.5. The van der Waals surface area contributed by atoms with Crippen LogP contribution >= 0.6 is 0 Å². The van der Waals surface area contributed by atoms with Crippen LogP contribution in [-0.2, 0) is 6.54 Å². The number of aromatic amines is 1. The summed E-state index contributed by atoms with van der Waals surface area (Å²) in [6.45, 7) is 3.82. The lowest BCUT2D eigenvalue weighted by atomic mass is 9.98. The highest BCUT2D eigenvalue weighted by Crippen LogP contribution is 2.39. The Balaban J connectivity index is 1.59. The Labute approximate surface area is 162 Å². The average molecular weight is 372 g/mol. The molecular formula is C22H20N4O2. The van der Waals surface area contributed by atoms with E-state index in [-0.39, 0.29) is 5.75 Å². The number of phenols is 1. The van der Waals surface area contributed by atoms with Gasteiger partial charge in [0.2, 0.25) is 0 Å². The van der Waals surface area contributed by atoms with Gasteiger partial charge in [-0.25, -0.2) is 9.97 Å². The van der Waals surface area contributed by atoms with E-state index in [4.69, 9.17) is 4.74 Å². The first-order valence-electron chi connectivity index (χ1n) is 9.28. The maximum absolute atomic E-state index is 10.6. The molecule has 2 aromatic heterocycles. The third kappa shape index (κ3) is 2.74. The molecule has 6 heteroatoms. The maximum Gasteiger partial charge on any atom is 0.166 e. The van der Waals surface area contributed by atoms with Gasteiger partial charge in [0.15, 0.2) is 11.5 Å². The molecule has 2 N–H and O–H groups in total. The number of aromatic hydroxyl groups is 1. The van der Waals surface area contributed by atoms with Crippen molar-refractivity contribution in [2.75, 3.05) is 18.1 Å². The summed E-state index contributed by atoms with van der Waals surface area (Å²) in [5.41, 5.74) is 5.00. The fourth-order valence-corrected chi connectivity index (χ4v) is 3.84. The first-order chi connectivity index (χ1) is 13.7.